The van der Waals surface area contributed by atoms with Crippen LogP contribution >= 0.6 is 0 Å². The highest BCUT2D eigenvalue weighted by molar-refractivity contribution is 5.65. The number of rotatable bonds is 10. The number of aldehydes is 1. The number of carbonyl (C=O) groups excluding carboxylic acids is 1. The highest BCUT2D eigenvalue weighted by Crippen LogP contribution is 2.43. The highest BCUT2D eigenvalue weighted by Gasteiger charge is 2.63. The van der Waals surface area contributed by atoms with Crippen molar-refractivity contribution >= 4 is 6.29 Å². The summed E-state index contributed by atoms with van der Waals surface area (Å²) >= 11 is 0. The van der Waals surface area contributed by atoms with Crippen LogP contribution in [0.1, 0.15) is 53.4 Å². The van der Waals surface area contributed by atoms with E-state index in [1.807, 2.05) is 13.8 Å². The molecule has 0 aromatic carbocycles. The average molecular weight is 330 g/mol. The molecule has 0 amide bonds. The van der Waals surface area contributed by atoms with Crippen LogP contribution in [0.2, 0.25) is 0 Å². The van der Waals surface area contributed by atoms with Gasteiger partial charge in [-0.3, -0.25) is 4.79 Å². The summed E-state index contributed by atoms with van der Waals surface area (Å²) in [6.45, 7) is 9.16. The third-order valence-corrected chi connectivity index (χ3v) is 4.17. The minimum atomic E-state index is -1.16. The number of unbranched alkanes of at least 4 members (excludes halogenated alkanes) is 2. The van der Waals surface area contributed by atoms with Gasteiger partial charge in [0.25, 0.3) is 0 Å². The van der Waals surface area contributed by atoms with E-state index in [0.717, 1.165) is 32.0 Å². The summed E-state index contributed by atoms with van der Waals surface area (Å²) in [5.41, 5.74) is -1.16. The SMILES string of the molecule is CCCCOCC1(C=O)O[C@H]2OC(C)(C)O[C@H]2C1OCCCC. The maximum Gasteiger partial charge on any atom is 0.191 e. The van der Waals surface area contributed by atoms with E-state index in [1.54, 1.807) is 0 Å². The Kier molecular flexibility index (Phi) is 6.57. The van der Waals surface area contributed by atoms with E-state index in [0.29, 0.717) is 13.2 Å². The summed E-state index contributed by atoms with van der Waals surface area (Å²) < 4.78 is 29.2. The Hall–Kier alpha value is -0.530. The van der Waals surface area contributed by atoms with E-state index in [2.05, 4.69) is 13.8 Å². The van der Waals surface area contributed by atoms with Crippen LogP contribution in [0.3, 0.4) is 0 Å². The van der Waals surface area contributed by atoms with Gasteiger partial charge in [0.15, 0.2) is 24.0 Å². The third-order valence-electron chi connectivity index (χ3n) is 4.17. The van der Waals surface area contributed by atoms with Crippen molar-refractivity contribution in [2.75, 3.05) is 19.8 Å². The van der Waals surface area contributed by atoms with E-state index in [4.69, 9.17) is 23.7 Å². The van der Waals surface area contributed by atoms with E-state index in [1.165, 1.54) is 0 Å². The van der Waals surface area contributed by atoms with Crippen molar-refractivity contribution in [2.24, 2.45) is 0 Å². The van der Waals surface area contributed by atoms with Crippen molar-refractivity contribution in [1.29, 1.82) is 0 Å². The second kappa shape index (κ2) is 8.03. The molecule has 0 N–H and O–H groups in total. The standard InChI is InChI=1S/C17H30O6/c1-5-7-9-19-12-17(11-18)14(20-10-8-6-2)13-15(23-17)22-16(3,4)21-13/h11,13-15H,5-10,12H2,1-4H3/t13-,14?,15+,17?/m0/s1. The Morgan fingerprint density at radius 2 is 1.74 bits per heavy atom. The Bertz CT molecular complexity index is 385. The summed E-state index contributed by atoms with van der Waals surface area (Å²) in [7, 11) is 0. The van der Waals surface area contributed by atoms with Crippen molar-refractivity contribution < 1.29 is 28.5 Å². The van der Waals surface area contributed by atoms with Crippen LogP contribution in [0.25, 0.3) is 0 Å². The molecule has 4 atom stereocenters. The van der Waals surface area contributed by atoms with Crippen LogP contribution < -0.4 is 0 Å². The van der Waals surface area contributed by atoms with Crippen LogP contribution in [-0.2, 0) is 28.5 Å². The summed E-state index contributed by atoms with van der Waals surface area (Å²) in [5, 5.41) is 0. The van der Waals surface area contributed by atoms with E-state index in [-0.39, 0.29) is 6.61 Å². The lowest BCUT2D eigenvalue weighted by Gasteiger charge is -2.32. The summed E-state index contributed by atoms with van der Waals surface area (Å²) in [4.78, 5) is 11.8. The smallest absolute Gasteiger partial charge is 0.191 e. The molecule has 2 saturated heterocycles. The van der Waals surface area contributed by atoms with Crippen LogP contribution in [0, 0.1) is 0 Å². The van der Waals surface area contributed by atoms with Gasteiger partial charge in [0.05, 0.1) is 6.61 Å². The zero-order chi connectivity index (χ0) is 16.9. The van der Waals surface area contributed by atoms with Crippen molar-refractivity contribution in [1.82, 2.24) is 0 Å². The lowest BCUT2D eigenvalue weighted by atomic mass is 9.97. The molecular weight excluding hydrogens is 300 g/mol. The molecule has 2 unspecified atom stereocenters. The predicted molar refractivity (Wildman–Crippen MR) is 84.1 cm³/mol. The molecule has 2 heterocycles. The van der Waals surface area contributed by atoms with Gasteiger partial charge in [0.1, 0.15) is 12.2 Å². The zero-order valence-corrected chi connectivity index (χ0v) is 14.7. The normalized spacial score (nSPS) is 35.4. The molecule has 0 aromatic rings. The summed E-state index contributed by atoms with van der Waals surface area (Å²) in [6, 6.07) is 0. The number of hydrogen-bond donors (Lipinski definition) is 0. The fraction of sp³-hybridized carbons (Fsp3) is 0.941. The topological polar surface area (TPSA) is 63.2 Å². The van der Waals surface area contributed by atoms with E-state index < -0.39 is 29.9 Å². The lowest BCUT2D eigenvalue weighted by Crippen LogP contribution is -2.51. The molecular formula is C17H30O6. The lowest BCUT2D eigenvalue weighted by molar-refractivity contribution is -0.244. The second-order valence-electron chi connectivity index (χ2n) is 6.71. The monoisotopic (exact) mass is 330 g/mol. The first-order valence-electron chi connectivity index (χ1n) is 8.67. The summed E-state index contributed by atoms with van der Waals surface area (Å²) in [5.74, 6) is -0.736. The number of ether oxygens (including phenoxy) is 5. The molecule has 2 aliphatic heterocycles. The maximum absolute atomic E-state index is 11.8. The fourth-order valence-corrected chi connectivity index (χ4v) is 2.93. The molecule has 0 aliphatic carbocycles. The molecule has 134 valence electrons. The molecule has 2 aliphatic rings. The van der Waals surface area contributed by atoms with Crippen LogP contribution in [0.15, 0.2) is 0 Å². The van der Waals surface area contributed by atoms with Gasteiger partial charge < -0.3 is 23.7 Å². The van der Waals surface area contributed by atoms with Crippen LogP contribution in [0.5, 0.6) is 0 Å². The highest BCUT2D eigenvalue weighted by atomic mass is 16.8. The second-order valence-corrected chi connectivity index (χ2v) is 6.71. The molecule has 2 fully saturated rings. The van der Waals surface area contributed by atoms with Gasteiger partial charge >= 0.3 is 0 Å². The first-order chi connectivity index (χ1) is 11.0. The summed E-state index contributed by atoms with van der Waals surface area (Å²) in [6.07, 6.45) is 3.18. The molecule has 2 rings (SSSR count). The Morgan fingerprint density at radius 1 is 1.04 bits per heavy atom. The van der Waals surface area contributed by atoms with E-state index >= 15 is 0 Å². The molecule has 0 aromatic heterocycles. The average Bonchev–Trinajstić information content (AvgIpc) is 2.94. The maximum atomic E-state index is 11.8. The number of fused-ring (bicyclic) bond motifs is 1. The Morgan fingerprint density at radius 3 is 2.39 bits per heavy atom. The van der Waals surface area contributed by atoms with Gasteiger partial charge in [-0.05, 0) is 26.7 Å². The minimum absolute atomic E-state index is 0.160. The predicted octanol–water partition coefficient (Wildman–Crippen LogP) is 2.43. The Labute approximate surface area is 138 Å². The van der Waals surface area contributed by atoms with Crippen molar-refractivity contribution in [2.45, 2.75) is 83.3 Å². The third kappa shape index (κ3) is 4.31. The molecule has 0 bridgehead atoms. The number of hydrogen-bond acceptors (Lipinski definition) is 6. The van der Waals surface area contributed by atoms with Gasteiger partial charge in [-0.2, -0.15) is 0 Å². The first kappa shape index (κ1) is 18.8. The van der Waals surface area contributed by atoms with Gasteiger partial charge in [0.2, 0.25) is 0 Å². The minimum Gasteiger partial charge on any atom is -0.378 e. The zero-order valence-electron chi connectivity index (χ0n) is 14.7. The van der Waals surface area contributed by atoms with Gasteiger partial charge in [0, 0.05) is 13.2 Å². The largest absolute Gasteiger partial charge is 0.378 e. The molecule has 23 heavy (non-hydrogen) atoms. The van der Waals surface area contributed by atoms with Crippen LogP contribution in [-0.4, -0.2) is 56.0 Å². The van der Waals surface area contributed by atoms with Crippen molar-refractivity contribution in [3.05, 3.63) is 0 Å². The molecule has 0 radical (unpaired) electrons. The van der Waals surface area contributed by atoms with Crippen molar-refractivity contribution in [3.63, 3.8) is 0 Å². The Balaban J connectivity index is 2.07. The van der Waals surface area contributed by atoms with Gasteiger partial charge in [-0.15, -0.1) is 0 Å². The molecule has 0 spiro atoms. The molecule has 6 heteroatoms. The van der Waals surface area contributed by atoms with Crippen LogP contribution in [0.4, 0.5) is 0 Å². The fourth-order valence-electron chi connectivity index (χ4n) is 2.93. The van der Waals surface area contributed by atoms with Crippen molar-refractivity contribution in [3.8, 4) is 0 Å². The van der Waals surface area contributed by atoms with Gasteiger partial charge in [-0.25, -0.2) is 0 Å². The molecule has 0 saturated carbocycles. The van der Waals surface area contributed by atoms with E-state index in [9.17, 15) is 4.79 Å². The van der Waals surface area contributed by atoms with Gasteiger partial charge in [-0.1, -0.05) is 26.7 Å². The quantitative estimate of drug-likeness (QED) is 0.453. The molecule has 6 nitrogen and oxygen atoms in total. The first-order valence-corrected chi connectivity index (χ1v) is 8.67. The number of carbonyl (C=O) groups is 1.